The zero-order valence-corrected chi connectivity index (χ0v) is 13.6. The van der Waals surface area contributed by atoms with E-state index in [2.05, 4.69) is 29.2 Å². The second kappa shape index (κ2) is 6.52. The van der Waals surface area contributed by atoms with Gasteiger partial charge in [0.05, 0.1) is 12.3 Å². The van der Waals surface area contributed by atoms with Crippen molar-refractivity contribution in [1.29, 1.82) is 0 Å². The zero-order chi connectivity index (χ0) is 16.2. The van der Waals surface area contributed by atoms with Crippen molar-refractivity contribution >= 4 is 11.6 Å². The second-order valence-electron chi connectivity index (χ2n) is 5.32. The van der Waals surface area contributed by atoms with Gasteiger partial charge in [0, 0.05) is 11.8 Å². The summed E-state index contributed by atoms with van der Waals surface area (Å²) >= 11 is 0. The van der Waals surface area contributed by atoms with Gasteiger partial charge in [-0.1, -0.05) is 18.2 Å². The van der Waals surface area contributed by atoms with Gasteiger partial charge in [0.15, 0.2) is 0 Å². The topological polar surface area (TPSA) is 52.0 Å². The summed E-state index contributed by atoms with van der Waals surface area (Å²) in [6.07, 6.45) is 1.70. The van der Waals surface area contributed by atoms with Crippen molar-refractivity contribution in [2.24, 2.45) is 0 Å². The van der Waals surface area contributed by atoms with E-state index in [9.17, 15) is 0 Å². The Morgan fingerprint density at radius 2 is 1.91 bits per heavy atom. The van der Waals surface area contributed by atoms with Crippen molar-refractivity contribution in [3.8, 4) is 11.4 Å². The number of aryl methyl sites for hydroxylation is 1. The van der Waals surface area contributed by atoms with Crippen LogP contribution in [-0.4, -0.2) is 21.4 Å². The maximum absolute atomic E-state index is 5.61. The van der Waals surface area contributed by atoms with Crippen molar-refractivity contribution in [2.45, 2.75) is 20.8 Å². The molecular formula is C18H20N4O. The van der Waals surface area contributed by atoms with Crippen molar-refractivity contribution < 1.29 is 4.74 Å². The third-order valence-corrected chi connectivity index (χ3v) is 3.71. The Hall–Kier alpha value is -2.82. The summed E-state index contributed by atoms with van der Waals surface area (Å²) in [4.78, 5) is 4.33. The van der Waals surface area contributed by atoms with E-state index in [0.717, 1.165) is 22.7 Å². The van der Waals surface area contributed by atoms with E-state index in [4.69, 9.17) is 4.74 Å². The molecule has 118 valence electrons. The highest BCUT2D eigenvalue weighted by Crippen LogP contribution is 2.27. The minimum absolute atomic E-state index is 0.560. The zero-order valence-electron chi connectivity index (χ0n) is 13.6. The average Bonchev–Trinajstić information content (AvgIpc) is 3.02. The Labute approximate surface area is 135 Å². The molecule has 1 aromatic heterocycles. The molecule has 0 saturated carbocycles. The number of anilines is 2. The number of rotatable bonds is 5. The predicted molar refractivity (Wildman–Crippen MR) is 91.7 cm³/mol. The van der Waals surface area contributed by atoms with Crippen LogP contribution in [0.4, 0.5) is 11.6 Å². The van der Waals surface area contributed by atoms with E-state index in [-0.39, 0.29) is 0 Å². The Kier molecular flexibility index (Phi) is 4.28. The smallest absolute Gasteiger partial charge is 0.246 e. The summed E-state index contributed by atoms with van der Waals surface area (Å²) in [5, 5.41) is 7.75. The van der Waals surface area contributed by atoms with Gasteiger partial charge in [0.1, 0.15) is 12.1 Å². The molecular weight excluding hydrogens is 288 g/mol. The first kappa shape index (κ1) is 15.1. The Balaban J connectivity index is 1.86. The highest BCUT2D eigenvalue weighted by atomic mass is 16.5. The number of nitrogens with one attached hydrogen (secondary N) is 1. The molecule has 0 amide bonds. The van der Waals surface area contributed by atoms with Crippen LogP contribution >= 0.6 is 0 Å². The summed E-state index contributed by atoms with van der Waals surface area (Å²) in [5.41, 5.74) is 4.26. The monoisotopic (exact) mass is 308 g/mol. The Morgan fingerprint density at radius 1 is 1.13 bits per heavy atom. The first-order chi connectivity index (χ1) is 11.2. The molecule has 1 N–H and O–H groups in total. The normalized spacial score (nSPS) is 10.6. The van der Waals surface area contributed by atoms with Crippen LogP contribution in [0.3, 0.4) is 0 Å². The van der Waals surface area contributed by atoms with Gasteiger partial charge in [-0.05, 0) is 50.1 Å². The molecule has 0 saturated heterocycles. The SMILES string of the molecule is CCOc1cc(C)c(C)c(Nc2ncn(-c3ccccc3)n2)c1. The Morgan fingerprint density at radius 3 is 2.65 bits per heavy atom. The molecule has 0 aliphatic carbocycles. The van der Waals surface area contributed by atoms with Crippen LogP contribution in [-0.2, 0) is 0 Å². The molecule has 0 radical (unpaired) electrons. The van der Waals surface area contributed by atoms with Gasteiger partial charge in [-0.3, -0.25) is 0 Å². The lowest BCUT2D eigenvalue weighted by molar-refractivity contribution is 0.340. The third kappa shape index (κ3) is 3.34. The van der Waals surface area contributed by atoms with Gasteiger partial charge in [-0.25, -0.2) is 4.68 Å². The number of nitrogens with zero attached hydrogens (tertiary/aromatic N) is 3. The summed E-state index contributed by atoms with van der Waals surface area (Å²) in [6.45, 7) is 6.76. The van der Waals surface area contributed by atoms with Crippen molar-refractivity contribution in [3.63, 3.8) is 0 Å². The number of ether oxygens (including phenoxy) is 1. The van der Waals surface area contributed by atoms with E-state index in [1.54, 1.807) is 11.0 Å². The van der Waals surface area contributed by atoms with Crippen LogP contribution in [0.2, 0.25) is 0 Å². The molecule has 0 bridgehead atoms. The molecule has 0 aliphatic rings. The van der Waals surface area contributed by atoms with E-state index in [0.29, 0.717) is 12.6 Å². The fourth-order valence-corrected chi connectivity index (χ4v) is 2.35. The van der Waals surface area contributed by atoms with Crippen molar-refractivity contribution in [3.05, 3.63) is 59.9 Å². The highest BCUT2D eigenvalue weighted by Gasteiger charge is 2.08. The molecule has 5 nitrogen and oxygen atoms in total. The predicted octanol–water partition coefficient (Wildman–Crippen LogP) is 4.03. The maximum atomic E-state index is 5.61. The molecule has 3 rings (SSSR count). The van der Waals surface area contributed by atoms with E-state index < -0.39 is 0 Å². The first-order valence-corrected chi connectivity index (χ1v) is 7.65. The number of para-hydroxylation sites is 1. The second-order valence-corrected chi connectivity index (χ2v) is 5.32. The average molecular weight is 308 g/mol. The number of hydrogen-bond donors (Lipinski definition) is 1. The summed E-state index contributed by atoms with van der Waals surface area (Å²) in [7, 11) is 0. The molecule has 0 aliphatic heterocycles. The lowest BCUT2D eigenvalue weighted by Crippen LogP contribution is -2.00. The molecule has 0 spiro atoms. The van der Waals surface area contributed by atoms with Gasteiger partial charge >= 0.3 is 0 Å². The summed E-state index contributed by atoms with van der Waals surface area (Å²) in [5.74, 6) is 1.41. The van der Waals surface area contributed by atoms with Crippen LogP contribution in [0.5, 0.6) is 5.75 Å². The molecule has 0 unspecified atom stereocenters. The first-order valence-electron chi connectivity index (χ1n) is 7.65. The van der Waals surface area contributed by atoms with E-state index >= 15 is 0 Å². The van der Waals surface area contributed by atoms with Crippen molar-refractivity contribution in [2.75, 3.05) is 11.9 Å². The van der Waals surface area contributed by atoms with Gasteiger partial charge in [0.2, 0.25) is 5.95 Å². The number of hydrogen-bond acceptors (Lipinski definition) is 4. The minimum atomic E-state index is 0.560. The van der Waals surface area contributed by atoms with Gasteiger partial charge < -0.3 is 10.1 Å². The lowest BCUT2D eigenvalue weighted by Gasteiger charge is -2.12. The molecule has 1 heterocycles. The largest absolute Gasteiger partial charge is 0.494 e. The van der Waals surface area contributed by atoms with Crippen molar-refractivity contribution in [1.82, 2.24) is 14.8 Å². The minimum Gasteiger partial charge on any atom is -0.494 e. The van der Waals surface area contributed by atoms with E-state index in [1.165, 1.54) is 5.56 Å². The Bertz CT molecular complexity index is 796. The lowest BCUT2D eigenvalue weighted by atomic mass is 10.1. The van der Waals surface area contributed by atoms with Crippen LogP contribution in [0.1, 0.15) is 18.1 Å². The molecule has 5 heteroatoms. The quantitative estimate of drug-likeness (QED) is 0.773. The molecule has 23 heavy (non-hydrogen) atoms. The summed E-state index contributed by atoms with van der Waals surface area (Å²) < 4.78 is 7.36. The summed E-state index contributed by atoms with van der Waals surface area (Å²) in [6, 6.07) is 13.9. The van der Waals surface area contributed by atoms with Crippen LogP contribution in [0, 0.1) is 13.8 Å². The van der Waals surface area contributed by atoms with Crippen LogP contribution < -0.4 is 10.1 Å². The molecule has 0 fully saturated rings. The molecule has 0 atom stereocenters. The van der Waals surface area contributed by atoms with Crippen LogP contribution in [0.15, 0.2) is 48.8 Å². The van der Waals surface area contributed by atoms with Gasteiger partial charge in [-0.15, -0.1) is 5.10 Å². The number of benzene rings is 2. The molecule has 3 aromatic rings. The van der Waals surface area contributed by atoms with Gasteiger partial charge in [-0.2, -0.15) is 4.98 Å². The van der Waals surface area contributed by atoms with Crippen LogP contribution in [0.25, 0.3) is 5.69 Å². The van der Waals surface area contributed by atoms with E-state index in [1.807, 2.05) is 49.4 Å². The fourth-order valence-electron chi connectivity index (χ4n) is 2.35. The molecule has 2 aromatic carbocycles. The fraction of sp³-hybridized carbons (Fsp3) is 0.222. The third-order valence-electron chi connectivity index (χ3n) is 3.71. The number of aromatic nitrogens is 3. The maximum Gasteiger partial charge on any atom is 0.246 e. The highest BCUT2D eigenvalue weighted by molar-refractivity contribution is 5.63. The van der Waals surface area contributed by atoms with Gasteiger partial charge in [0.25, 0.3) is 0 Å². The standard InChI is InChI=1S/C18H20N4O/c1-4-23-16-10-13(2)14(3)17(11-16)20-18-19-12-22(21-18)15-8-6-5-7-9-15/h5-12H,4H2,1-3H3,(H,20,21).